The molecule has 0 fully saturated rings. The van der Waals surface area contributed by atoms with Gasteiger partial charge in [0.25, 0.3) is 5.91 Å². The first kappa shape index (κ1) is 16.3. The fourth-order valence-corrected chi connectivity index (χ4v) is 4.23. The molecule has 1 aliphatic rings. The van der Waals surface area contributed by atoms with Gasteiger partial charge in [0.1, 0.15) is 5.01 Å². The number of fused-ring (bicyclic) bond motifs is 3. The van der Waals surface area contributed by atoms with Crippen molar-refractivity contribution in [3.63, 3.8) is 0 Å². The Morgan fingerprint density at radius 2 is 2.20 bits per heavy atom. The zero-order valence-corrected chi connectivity index (χ0v) is 15.5. The van der Waals surface area contributed by atoms with Gasteiger partial charge in [0.05, 0.1) is 11.1 Å². The molecule has 1 amide bonds. The maximum atomic E-state index is 12.8. The topological polar surface area (TPSA) is 70.7 Å². The van der Waals surface area contributed by atoms with Crippen molar-refractivity contribution in [3.8, 4) is 0 Å². The lowest BCUT2D eigenvalue weighted by Crippen LogP contribution is -2.12. The van der Waals surface area contributed by atoms with Crippen LogP contribution < -0.4 is 5.32 Å². The Labute approximate surface area is 150 Å². The molecule has 3 aromatic rings. The maximum absolute atomic E-state index is 12.8. The van der Waals surface area contributed by atoms with Gasteiger partial charge < -0.3 is 4.98 Å². The van der Waals surface area contributed by atoms with E-state index in [0.717, 1.165) is 23.4 Å². The van der Waals surface area contributed by atoms with Crippen molar-refractivity contribution in [3.05, 3.63) is 40.0 Å². The van der Waals surface area contributed by atoms with E-state index >= 15 is 0 Å². The van der Waals surface area contributed by atoms with Gasteiger partial charge in [-0.05, 0) is 36.8 Å². The van der Waals surface area contributed by atoms with Crippen LogP contribution in [-0.4, -0.2) is 21.1 Å². The molecule has 2 heterocycles. The molecule has 130 valence electrons. The molecule has 0 bridgehead atoms. The number of aromatic nitrogens is 3. The summed E-state index contributed by atoms with van der Waals surface area (Å²) in [5, 5.41) is 13.8. The van der Waals surface area contributed by atoms with Crippen molar-refractivity contribution in [1.29, 1.82) is 0 Å². The van der Waals surface area contributed by atoms with Gasteiger partial charge in [-0.25, -0.2) is 0 Å². The van der Waals surface area contributed by atoms with E-state index in [4.69, 9.17) is 0 Å². The van der Waals surface area contributed by atoms with Gasteiger partial charge in [-0.15, -0.1) is 10.2 Å². The molecule has 1 aliphatic carbocycles. The van der Waals surface area contributed by atoms with Crippen LogP contribution in [0.15, 0.2) is 18.2 Å². The molecule has 0 saturated heterocycles. The fourth-order valence-electron chi connectivity index (χ4n) is 3.49. The van der Waals surface area contributed by atoms with Crippen LogP contribution in [0, 0.1) is 5.92 Å². The molecule has 0 saturated carbocycles. The largest absolute Gasteiger partial charge is 0.358 e. The third kappa shape index (κ3) is 2.95. The van der Waals surface area contributed by atoms with Crippen LogP contribution in [0.3, 0.4) is 0 Å². The molecule has 2 N–H and O–H groups in total. The van der Waals surface area contributed by atoms with Gasteiger partial charge in [-0.1, -0.05) is 44.2 Å². The van der Waals surface area contributed by atoms with Crippen molar-refractivity contribution in [2.45, 2.75) is 46.0 Å². The molecule has 4 rings (SSSR count). The van der Waals surface area contributed by atoms with E-state index in [0.29, 0.717) is 22.5 Å². The summed E-state index contributed by atoms with van der Waals surface area (Å²) in [6.07, 6.45) is 3.33. The summed E-state index contributed by atoms with van der Waals surface area (Å²) in [6, 6.07) is 5.94. The molecule has 0 aliphatic heterocycles. The lowest BCUT2D eigenvalue weighted by atomic mass is 9.87. The zero-order valence-electron chi connectivity index (χ0n) is 14.7. The molecule has 5 nitrogen and oxygen atoms in total. The normalized spacial score (nSPS) is 17.0. The van der Waals surface area contributed by atoms with E-state index in [9.17, 15) is 4.79 Å². The first-order valence-corrected chi connectivity index (χ1v) is 9.61. The first-order valence-electron chi connectivity index (χ1n) is 8.80. The van der Waals surface area contributed by atoms with Crippen molar-refractivity contribution in [2.75, 3.05) is 5.32 Å². The third-order valence-corrected chi connectivity index (χ3v) is 6.01. The van der Waals surface area contributed by atoms with Crippen molar-refractivity contribution in [2.24, 2.45) is 5.92 Å². The molecule has 1 atom stereocenters. The smallest absolute Gasteiger partial charge is 0.259 e. The quantitative estimate of drug-likeness (QED) is 0.726. The van der Waals surface area contributed by atoms with Crippen LogP contribution >= 0.6 is 11.3 Å². The maximum Gasteiger partial charge on any atom is 0.259 e. The summed E-state index contributed by atoms with van der Waals surface area (Å²) in [7, 11) is 0. The van der Waals surface area contributed by atoms with Crippen LogP contribution in [0.5, 0.6) is 0 Å². The second-order valence-corrected chi connectivity index (χ2v) is 8.22. The number of hydrogen-bond acceptors (Lipinski definition) is 4. The number of rotatable bonds is 3. The van der Waals surface area contributed by atoms with Crippen molar-refractivity contribution < 1.29 is 4.79 Å². The predicted octanol–water partition coefficient (Wildman–Crippen LogP) is 4.52. The minimum Gasteiger partial charge on any atom is -0.358 e. The number of anilines is 1. The summed E-state index contributed by atoms with van der Waals surface area (Å²) in [4.78, 5) is 16.3. The predicted molar refractivity (Wildman–Crippen MR) is 101 cm³/mol. The van der Waals surface area contributed by atoms with Gasteiger partial charge in [-0.3, -0.25) is 10.1 Å². The number of aromatic amines is 1. The summed E-state index contributed by atoms with van der Waals surface area (Å²) in [5.41, 5.74) is 4.27. The summed E-state index contributed by atoms with van der Waals surface area (Å²) >= 11 is 1.43. The zero-order chi connectivity index (χ0) is 17.6. The number of benzene rings is 1. The van der Waals surface area contributed by atoms with E-state index in [1.165, 1.54) is 34.4 Å². The van der Waals surface area contributed by atoms with Crippen molar-refractivity contribution in [1.82, 2.24) is 15.2 Å². The first-order chi connectivity index (χ1) is 12.0. The number of aryl methyl sites for hydroxylation is 1. The highest BCUT2D eigenvalue weighted by atomic mass is 32.1. The average Bonchev–Trinajstić information content (AvgIpc) is 3.19. The van der Waals surface area contributed by atoms with Crippen molar-refractivity contribution >= 4 is 33.3 Å². The van der Waals surface area contributed by atoms with Crippen LogP contribution in [0.1, 0.15) is 59.7 Å². The molecule has 0 spiro atoms. The lowest BCUT2D eigenvalue weighted by molar-refractivity contribution is 0.102. The number of nitrogens with zero attached hydrogens (tertiary/aromatic N) is 2. The molecular formula is C19H22N4OS. The van der Waals surface area contributed by atoms with Gasteiger partial charge in [0, 0.05) is 17.0 Å². The Hall–Kier alpha value is -2.21. The number of nitrogens with one attached hydrogen (secondary N) is 2. The molecule has 0 radical (unpaired) electrons. The second kappa shape index (κ2) is 6.26. The Bertz CT molecular complexity index is 940. The Balaban J connectivity index is 1.67. The van der Waals surface area contributed by atoms with Gasteiger partial charge in [-0.2, -0.15) is 0 Å². The number of hydrogen-bond donors (Lipinski definition) is 2. The van der Waals surface area contributed by atoms with Gasteiger partial charge in [0.2, 0.25) is 5.13 Å². The van der Waals surface area contributed by atoms with E-state index in [2.05, 4.69) is 47.3 Å². The number of carbonyl (C=O) groups is 1. The highest BCUT2D eigenvalue weighted by Crippen LogP contribution is 2.33. The van der Waals surface area contributed by atoms with Crippen LogP contribution in [0.2, 0.25) is 0 Å². The van der Waals surface area contributed by atoms with E-state index in [1.807, 2.05) is 12.1 Å². The lowest BCUT2D eigenvalue weighted by Gasteiger charge is -2.17. The molecule has 6 heteroatoms. The Kier molecular flexibility index (Phi) is 4.07. The molecular weight excluding hydrogens is 332 g/mol. The monoisotopic (exact) mass is 354 g/mol. The number of para-hydroxylation sites is 1. The van der Waals surface area contributed by atoms with Gasteiger partial charge >= 0.3 is 0 Å². The van der Waals surface area contributed by atoms with E-state index in [1.54, 1.807) is 0 Å². The number of carbonyl (C=O) groups excluding carboxylic acids is 1. The summed E-state index contributed by atoms with van der Waals surface area (Å²) in [6.45, 7) is 6.43. The SMILES string of the molecule is CC1CCc2[nH]c3c(C(=O)Nc4nnc(C(C)C)s4)cccc3c2C1. The fraction of sp³-hybridized carbons (Fsp3) is 0.421. The summed E-state index contributed by atoms with van der Waals surface area (Å²) in [5.74, 6) is 0.868. The Morgan fingerprint density at radius 1 is 1.36 bits per heavy atom. The molecule has 2 aromatic heterocycles. The second-order valence-electron chi connectivity index (χ2n) is 7.21. The van der Waals surface area contributed by atoms with Crippen LogP contribution in [-0.2, 0) is 12.8 Å². The van der Waals surface area contributed by atoms with E-state index < -0.39 is 0 Å². The number of amides is 1. The van der Waals surface area contributed by atoms with Crippen LogP contribution in [0.4, 0.5) is 5.13 Å². The average molecular weight is 354 g/mol. The standard InChI is InChI=1S/C19H22N4OS/c1-10(2)18-22-23-19(25-18)21-17(24)13-6-4-5-12-14-9-11(3)7-8-15(14)20-16(12)13/h4-6,10-11,20H,7-9H2,1-3H3,(H,21,23,24). The van der Waals surface area contributed by atoms with Gasteiger partial charge in [0.15, 0.2) is 0 Å². The molecule has 25 heavy (non-hydrogen) atoms. The van der Waals surface area contributed by atoms with Crippen LogP contribution in [0.25, 0.3) is 10.9 Å². The number of H-pyrrole nitrogens is 1. The highest BCUT2D eigenvalue weighted by Gasteiger charge is 2.22. The highest BCUT2D eigenvalue weighted by molar-refractivity contribution is 7.15. The molecule has 1 aromatic carbocycles. The minimum absolute atomic E-state index is 0.135. The minimum atomic E-state index is -0.135. The Morgan fingerprint density at radius 3 is 2.96 bits per heavy atom. The third-order valence-electron chi connectivity index (χ3n) is 4.87. The molecule has 1 unspecified atom stereocenters. The van der Waals surface area contributed by atoms with E-state index in [-0.39, 0.29) is 5.91 Å². The summed E-state index contributed by atoms with van der Waals surface area (Å²) < 4.78 is 0.